The van der Waals surface area contributed by atoms with Crippen LogP contribution in [-0.4, -0.2) is 51.4 Å². The third-order valence-electron chi connectivity index (χ3n) is 5.90. The van der Waals surface area contributed by atoms with Crippen molar-refractivity contribution < 1.29 is 24.0 Å². The van der Waals surface area contributed by atoms with Crippen molar-refractivity contribution in [2.24, 2.45) is 0 Å². The number of amides is 3. The lowest BCUT2D eigenvalue weighted by Gasteiger charge is -2.22. The molecular formula is C25H24BrN3O6S. The van der Waals surface area contributed by atoms with E-state index in [1.165, 1.54) is 12.1 Å². The van der Waals surface area contributed by atoms with Gasteiger partial charge in [-0.2, -0.15) is 0 Å². The molecule has 0 bridgehead atoms. The number of thioether (sulfide) groups is 1. The van der Waals surface area contributed by atoms with Crippen LogP contribution in [0.2, 0.25) is 0 Å². The van der Waals surface area contributed by atoms with Crippen LogP contribution in [0.4, 0.5) is 10.5 Å². The van der Waals surface area contributed by atoms with Crippen molar-refractivity contribution in [2.45, 2.75) is 32.3 Å². The number of carbonyl (C=O) groups excluding carboxylic acids is 3. The molecule has 4 rings (SSSR count). The summed E-state index contributed by atoms with van der Waals surface area (Å²) < 4.78 is 6.64. The van der Waals surface area contributed by atoms with E-state index in [1.54, 1.807) is 41.3 Å². The molecule has 2 aliphatic heterocycles. The molecule has 188 valence electrons. The topological polar surface area (TPSA) is 110 Å². The Hall–Kier alpha value is -3.18. The smallest absolute Gasteiger partial charge is 0.294 e. The van der Waals surface area contributed by atoms with Crippen molar-refractivity contribution in [2.75, 3.05) is 19.6 Å². The fourth-order valence-corrected chi connectivity index (χ4v) is 5.23. The van der Waals surface area contributed by atoms with Gasteiger partial charge in [-0.25, -0.2) is 0 Å². The van der Waals surface area contributed by atoms with Gasteiger partial charge in [0.05, 0.1) is 9.83 Å². The molecule has 3 amide bonds. The highest BCUT2D eigenvalue weighted by molar-refractivity contribution is 9.10. The van der Waals surface area contributed by atoms with Crippen LogP contribution in [0.3, 0.4) is 0 Å². The number of imide groups is 1. The number of hydrogen-bond donors (Lipinski definition) is 0. The maximum atomic E-state index is 13.0. The van der Waals surface area contributed by atoms with Gasteiger partial charge in [0, 0.05) is 35.3 Å². The van der Waals surface area contributed by atoms with E-state index in [-0.39, 0.29) is 29.7 Å². The molecular weight excluding hydrogens is 550 g/mol. The first-order valence-corrected chi connectivity index (χ1v) is 13.1. The van der Waals surface area contributed by atoms with Crippen molar-refractivity contribution in [3.63, 3.8) is 0 Å². The lowest BCUT2D eigenvalue weighted by molar-refractivity contribution is -0.384. The van der Waals surface area contributed by atoms with E-state index >= 15 is 0 Å². The SMILES string of the molecule is O=C(CN1C(=O)SC(=Cc2cc(Br)ccc2OCc2cccc([N+](=O)[O-])c2)C1=O)N1CCCCCC1. The number of benzene rings is 2. The van der Waals surface area contributed by atoms with Crippen molar-refractivity contribution in [3.8, 4) is 5.75 Å². The molecule has 0 radical (unpaired) electrons. The second-order valence-corrected chi connectivity index (χ2v) is 10.4. The monoisotopic (exact) mass is 573 g/mol. The van der Waals surface area contributed by atoms with Gasteiger partial charge >= 0.3 is 0 Å². The predicted molar refractivity (Wildman–Crippen MR) is 139 cm³/mol. The van der Waals surface area contributed by atoms with Gasteiger partial charge in [0.25, 0.3) is 16.8 Å². The number of non-ortho nitro benzene ring substituents is 1. The summed E-state index contributed by atoms with van der Waals surface area (Å²) in [6, 6.07) is 11.4. The fourth-order valence-electron chi connectivity index (χ4n) is 4.02. The molecule has 9 nitrogen and oxygen atoms in total. The maximum Gasteiger partial charge on any atom is 0.294 e. The molecule has 0 unspecified atom stereocenters. The highest BCUT2D eigenvalue weighted by atomic mass is 79.9. The molecule has 0 N–H and O–H groups in total. The molecule has 2 aromatic carbocycles. The summed E-state index contributed by atoms with van der Waals surface area (Å²) in [5.41, 5.74) is 1.14. The second kappa shape index (κ2) is 11.7. The number of hydrogen-bond acceptors (Lipinski definition) is 7. The normalized spacial score (nSPS) is 17.4. The summed E-state index contributed by atoms with van der Waals surface area (Å²) in [6.45, 7) is 1.11. The van der Waals surface area contributed by atoms with Crippen molar-refractivity contribution in [1.82, 2.24) is 9.80 Å². The first-order chi connectivity index (χ1) is 17.3. The van der Waals surface area contributed by atoms with Gasteiger partial charge in [-0.1, -0.05) is 40.9 Å². The summed E-state index contributed by atoms with van der Waals surface area (Å²) in [5.74, 6) is -0.293. The highest BCUT2D eigenvalue weighted by Gasteiger charge is 2.37. The average molecular weight is 574 g/mol. The Balaban J connectivity index is 1.49. The van der Waals surface area contributed by atoms with Crippen LogP contribution in [0.5, 0.6) is 5.75 Å². The van der Waals surface area contributed by atoms with E-state index in [0.717, 1.165) is 46.8 Å². The summed E-state index contributed by atoms with van der Waals surface area (Å²) in [6.07, 6.45) is 5.57. The standard InChI is InChI=1S/C25H24BrN3O6S/c26-19-8-9-21(35-16-17-6-5-7-20(12-17)29(33)34)18(13-19)14-22-24(31)28(25(32)36-22)15-23(30)27-10-3-1-2-4-11-27/h5-9,12-14H,1-4,10-11,15-16H2. The lowest BCUT2D eigenvalue weighted by atomic mass is 10.1. The van der Waals surface area contributed by atoms with Gasteiger partial charge < -0.3 is 9.64 Å². The molecule has 0 saturated carbocycles. The van der Waals surface area contributed by atoms with E-state index in [2.05, 4.69) is 15.9 Å². The second-order valence-electron chi connectivity index (χ2n) is 8.46. The molecule has 36 heavy (non-hydrogen) atoms. The fraction of sp³-hybridized carbons (Fsp3) is 0.320. The van der Waals surface area contributed by atoms with Crippen LogP contribution in [0.1, 0.15) is 36.8 Å². The van der Waals surface area contributed by atoms with Gasteiger partial charge in [-0.15, -0.1) is 0 Å². The zero-order valence-corrected chi connectivity index (χ0v) is 21.8. The van der Waals surface area contributed by atoms with E-state index in [9.17, 15) is 24.5 Å². The Morgan fingerprint density at radius 2 is 1.86 bits per heavy atom. The maximum absolute atomic E-state index is 13.0. The number of carbonyl (C=O) groups is 3. The van der Waals surface area contributed by atoms with Gasteiger partial charge in [0.15, 0.2) is 0 Å². The quantitative estimate of drug-likeness (QED) is 0.248. The predicted octanol–water partition coefficient (Wildman–Crippen LogP) is 5.38. The molecule has 0 aliphatic carbocycles. The zero-order valence-electron chi connectivity index (χ0n) is 19.4. The van der Waals surface area contributed by atoms with Crippen LogP contribution in [0.25, 0.3) is 6.08 Å². The summed E-state index contributed by atoms with van der Waals surface area (Å²) >= 11 is 4.20. The van der Waals surface area contributed by atoms with Crippen molar-refractivity contribution in [1.29, 1.82) is 0 Å². The van der Waals surface area contributed by atoms with Crippen LogP contribution in [-0.2, 0) is 16.2 Å². The molecule has 2 saturated heterocycles. The molecule has 2 aromatic rings. The van der Waals surface area contributed by atoms with Gasteiger partial charge in [-0.3, -0.25) is 29.4 Å². The Morgan fingerprint density at radius 3 is 2.58 bits per heavy atom. The molecule has 0 atom stereocenters. The number of likely N-dealkylation sites (tertiary alicyclic amines) is 1. The number of nitro groups is 1. The Bertz CT molecular complexity index is 1230. The minimum atomic E-state index is -0.516. The minimum Gasteiger partial charge on any atom is -0.488 e. The number of rotatable bonds is 7. The molecule has 11 heteroatoms. The largest absolute Gasteiger partial charge is 0.488 e. The van der Waals surface area contributed by atoms with Gasteiger partial charge in [0.2, 0.25) is 5.91 Å². The Kier molecular flexibility index (Phi) is 8.42. The van der Waals surface area contributed by atoms with Crippen LogP contribution in [0.15, 0.2) is 51.8 Å². The molecule has 2 fully saturated rings. The summed E-state index contributed by atoms with van der Waals surface area (Å²) in [7, 11) is 0. The Labute approximate surface area is 220 Å². The molecule has 0 aromatic heterocycles. The third kappa shape index (κ3) is 6.33. The summed E-state index contributed by atoms with van der Waals surface area (Å²) in [5, 5.41) is 10.5. The Morgan fingerprint density at radius 1 is 1.11 bits per heavy atom. The molecule has 2 heterocycles. The summed E-state index contributed by atoms with van der Waals surface area (Å²) in [4.78, 5) is 51.8. The number of nitro benzene ring substituents is 1. The minimum absolute atomic E-state index is 0.0319. The van der Waals surface area contributed by atoms with Gasteiger partial charge in [-0.05, 0) is 54.4 Å². The molecule has 0 spiro atoms. The van der Waals surface area contributed by atoms with E-state index in [0.29, 0.717) is 30.0 Å². The first kappa shape index (κ1) is 25.9. The van der Waals surface area contributed by atoms with E-state index < -0.39 is 16.1 Å². The van der Waals surface area contributed by atoms with E-state index in [4.69, 9.17) is 4.74 Å². The van der Waals surface area contributed by atoms with Crippen molar-refractivity contribution >= 4 is 56.5 Å². The van der Waals surface area contributed by atoms with Crippen LogP contribution in [0, 0.1) is 10.1 Å². The number of halogens is 1. The van der Waals surface area contributed by atoms with Gasteiger partial charge in [0.1, 0.15) is 18.9 Å². The van der Waals surface area contributed by atoms with Crippen LogP contribution >= 0.6 is 27.7 Å². The lowest BCUT2D eigenvalue weighted by Crippen LogP contribution is -2.42. The third-order valence-corrected chi connectivity index (χ3v) is 7.30. The van der Waals surface area contributed by atoms with Crippen molar-refractivity contribution in [3.05, 3.63) is 73.1 Å². The zero-order chi connectivity index (χ0) is 25.7. The number of nitrogens with zero attached hydrogens (tertiary/aromatic N) is 3. The molecule has 2 aliphatic rings. The van der Waals surface area contributed by atoms with E-state index in [1.807, 2.05) is 0 Å². The highest BCUT2D eigenvalue weighted by Crippen LogP contribution is 2.35. The first-order valence-electron chi connectivity index (χ1n) is 11.5. The number of ether oxygens (including phenoxy) is 1. The van der Waals surface area contributed by atoms with Crippen LogP contribution < -0.4 is 4.74 Å². The average Bonchev–Trinajstić information content (AvgIpc) is 3.04.